The molecule has 160 valence electrons. The molecule has 3 aromatic rings. The zero-order valence-corrected chi connectivity index (χ0v) is 17.7. The molecule has 2 saturated heterocycles. The molecule has 0 saturated carbocycles. The Morgan fingerprint density at radius 2 is 2.03 bits per heavy atom. The first-order valence-electron chi connectivity index (χ1n) is 10.9. The van der Waals surface area contributed by atoms with Crippen LogP contribution in [0, 0.1) is 0 Å². The van der Waals surface area contributed by atoms with Crippen molar-refractivity contribution in [3.63, 3.8) is 0 Å². The highest BCUT2D eigenvalue weighted by Crippen LogP contribution is 2.34. The third kappa shape index (κ3) is 4.46. The van der Waals surface area contributed by atoms with Gasteiger partial charge >= 0.3 is 0 Å². The fourth-order valence-corrected chi connectivity index (χ4v) is 4.59. The highest BCUT2D eigenvalue weighted by Gasteiger charge is 2.41. The standard InChI is InChI=1S/C24H28N6O/c1-25-24(29-22-12-20-10-11-23(22)31-20)27-13-19-4-2-3-5-21(19)18-8-6-17(7-9-18)14-30-16-26-15-28-30/h2-9,15-16,20,22-23H,10-14H2,1H3,(H2,25,27,29). The lowest BCUT2D eigenvalue weighted by molar-refractivity contribution is 0.0992. The van der Waals surface area contributed by atoms with Gasteiger partial charge in [-0.15, -0.1) is 0 Å². The van der Waals surface area contributed by atoms with Crippen LogP contribution in [0.4, 0.5) is 0 Å². The van der Waals surface area contributed by atoms with Gasteiger partial charge in [-0.1, -0.05) is 48.5 Å². The van der Waals surface area contributed by atoms with Crippen molar-refractivity contribution >= 4 is 5.96 Å². The van der Waals surface area contributed by atoms with Gasteiger partial charge in [0, 0.05) is 13.6 Å². The summed E-state index contributed by atoms with van der Waals surface area (Å²) in [5.41, 5.74) is 4.85. The molecule has 2 fully saturated rings. The fourth-order valence-electron chi connectivity index (χ4n) is 4.59. The van der Waals surface area contributed by atoms with Crippen molar-refractivity contribution in [2.24, 2.45) is 4.99 Å². The summed E-state index contributed by atoms with van der Waals surface area (Å²) >= 11 is 0. The predicted molar refractivity (Wildman–Crippen MR) is 121 cm³/mol. The van der Waals surface area contributed by atoms with Crippen molar-refractivity contribution in [1.29, 1.82) is 0 Å². The maximum absolute atomic E-state index is 5.96. The number of rotatable bonds is 6. The van der Waals surface area contributed by atoms with Crippen LogP contribution >= 0.6 is 0 Å². The molecule has 7 heteroatoms. The second-order valence-corrected chi connectivity index (χ2v) is 8.23. The average Bonchev–Trinajstić information content (AvgIpc) is 3.56. The lowest BCUT2D eigenvalue weighted by atomic mass is 9.96. The maximum Gasteiger partial charge on any atom is 0.191 e. The smallest absolute Gasteiger partial charge is 0.191 e. The molecule has 2 bridgehead atoms. The van der Waals surface area contributed by atoms with Crippen molar-refractivity contribution in [2.45, 2.75) is 50.6 Å². The second kappa shape index (κ2) is 8.89. The van der Waals surface area contributed by atoms with Gasteiger partial charge in [-0.25, -0.2) is 9.67 Å². The first-order chi connectivity index (χ1) is 15.3. The van der Waals surface area contributed by atoms with E-state index in [0.717, 1.165) is 25.3 Å². The Kier molecular flexibility index (Phi) is 5.67. The van der Waals surface area contributed by atoms with Crippen molar-refractivity contribution in [3.05, 3.63) is 72.3 Å². The largest absolute Gasteiger partial charge is 0.373 e. The molecule has 3 unspecified atom stereocenters. The van der Waals surface area contributed by atoms with E-state index in [1.165, 1.54) is 28.7 Å². The Morgan fingerprint density at radius 3 is 2.74 bits per heavy atom. The van der Waals surface area contributed by atoms with Crippen molar-refractivity contribution in [1.82, 2.24) is 25.4 Å². The van der Waals surface area contributed by atoms with E-state index in [4.69, 9.17) is 4.74 Å². The van der Waals surface area contributed by atoms with E-state index in [9.17, 15) is 0 Å². The van der Waals surface area contributed by atoms with Gasteiger partial charge in [0.25, 0.3) is 0 Å². The van der Waals surface area contributed by atoms with E-state index in [2.05, 4.69) is 74.2 Å². The molecule has 7 nitrogen and oxygen atoms in total. The number of hydrogen-bond acceptors (Lipinski definition) is 4. The monoisotopic (exact) mass is 416 g/mol. The summed E-state index contributed by atoms with van der Waals surface area (Å²) in [7, 11) is 1.82. The zero-order valence-electron chi connectivity index (χ0n) is 17.7. The van der Waals surface area contributed by atoms with Crippen molar-refractivity contribution in [2.75, 3.05) is 7.05 Å². The Labute approximate surface area is 182 Å². The SMILES string of the molecule is CN=C(NCc1ccccc1-c1ccc(Cn2cncn2)cc1)NC1CC2CCC1O2. The number of benzene rings is 2. The van der Waals surface area contributed by atoms with Crippen LogP contribution < -0.4 is 10.6 Å². The van der Waals surface area contributed by atoms with Crippen LogP contribution in [-0.4, -0.2) is 46.0 Å². The number of aliphatic imine (C=N–C) groups is 1. The summed E-state index contributed by atoms with van der Waals surface area (Å²) in [5.74, 6) is 0.833. The third-order valence-electron chi connectivity index (χ3n) is 6.19. The summed E-state index contributed by atoms with van der Waals surface area (Å²) in [6.07, 6.45) is 7.46. The molecule has 2 N–H and O–H groups in total. The maximum atomic E-state index is 5.96. The van der Waals surface area contributed by atoms with Gasteiger partial charge in [0.2, 0.25) is 0 Å². The highest BCUT2D eigenvalue weighted by atomic mass is 16.5. The zero-order chi connectivity index (χ0) is 21.0. The Balaban J connectivity index is 1.24. The summed E-state index contributed by atoms with van der Waals surface area (Å²) in [6.45, 7) is 1.43. The fraction of sp³-hybridized carbons (Fsp3) is 0.375. The van der Waals surface area contributed by atoms with E-state index in [1.807, 2.05) is 11.7 Å². The highest BCUT2D eigenvalue weighted by molar-refractivity contribution is 5.80. The van der Waals surface area contributed by atoms with Crippen molar-refractivity contribution < 1.29 is 4.74 Å². The number of nitrogens with one attached hydrogen (secondary N) is 2. The van der Waals surface area contributed by atoms with Gasteiger partial charge in [-0.2, -0.15) is 5.10 Å². The van der Waals surface area contributed by atoms with Crippen LogP contribution in [0.25, 0.3) is 11.1 Å². The molecule has 2 aliphatic heterocycles. The molecule has 2 aromatic carbocycles. The van der Waals surface area contributed by atoms with E-state index < -0.39 is 0 Å². The molecule has 0 radical (unpaired) electrons. The van der Waals surface area contributed by atoms with Crippen LogP contribution in [0.1, 0.15) is 30.4 Å². The summed E-state index contributed by atoms with van der Waals surface area (Å²) < 4.78 is 7.78. The van der Waals surface area contributed by atoms with Gasteiger partial charge in [-0.3, -0.25) is 4.99 Å². The van der Waals surface area contributed by atoms with E-state index in [0.29, 0.717) is 24.8 Å². The van der Waals surface area contributed by atoms with E-state index in [1.54, 1.807) is 12.7 Å². The van der Waals surface area contributed by atoms with Gasteiger partial charge in [0.05, 0.1) is 24.8 Å². The molecule has 0 spiro atoms. The molecule has 31 heavy (non-hydrogen) atoms. The molecule has 1 aromatic heterocycles. The quantitative estimate of drug-likeness (QED) is 0.477. The predicted octanol–water partition coefficient (Wildman–Crippen LogP) is 2.98. The number of fused-ring (bicyclic) bond motifs is 2. The van der Waals surface area contributed by atoms with Crippen LogP contribution in [0.3, 0.4) is 0 Å². The summed E-state index contributed by atoms with van der Waals surface area (Å²) in [5, 5.41) is 11.2. The van der Waals surface area contributed by atoms with Gasteiger partial charge < -0.3 is 15.4 Å². The number of hydrogen-bond donors (Lipinski definition) is 2. The number of nitrogens with zero attached hydrogens (tertiary/aromatic N) is 4. The number of aromatic nitrogens is 3. The Hall–Kier alpha value is -3.19. The molecular formula is C24H28N6O. The molecule has 0 aliphatic carbocycles. The van der Waals surface area contributed by atoms with Crippen molar-refractivity contribution in [3.8, 4) is 11.1 Å². The topological polar surface area (TPSA) is 76.4 Å². The first-order valence-corrected chi connectivity index (χ1v) is 10.9. The number of guanidine groups is 1. The minimum absolute atomic E-state index is 0.326. The molecule has 5 rings (SSSR count). The minimum atomic E-state index is 0.326. The molecule has 2 aliphatic rings. The molecule has 0 amide bonds. The summed E-state index contributed by atoms with van der Waals surface area (Å²) in [4.78, 5) is 8.43. The lowest BCUT2D eigenvalue weighted by Gasteiger charge is -2.23. The normalized spacial score (nSPS) is 22.6. The Bertz CT molecular complexity index is 1030. The second-order valence-electron chi connectivity index (χ2n) is 8.23. The summed E-state index contributed by atoms with van der Waals surface area (Å²) in [6, 6.07) is 17.5. The first kappa shape index (κ1) is 19.8. The van der Waals surface area contributed by atoms with Gasteiger partial charge in [0.1, 0.15) is 12.7 Å². The van der Waals surface area contributed by atoms with Crippen LogP contribution in [-0.2, 0) is 17.8 Å². The third-order valence-corrected chi connectivity index (χ3v) is 6.19. The molecule has 3 heterocycles. The van der Waals surface area contributed by atoms with E-state index in [-0.39, 0.29) is 0 Å². The molecule has 3 atom stereocenters. The van der Waals surface area contributed by atoms with Crippen LogP contribution in [0.2, 0.25) is 0 Å². The van der Waals surface area contributed by atoms with Gasteiger partial charge in [-0.05, 0) is 41.5 Å². The van der Waals surface area contributed by atoms with Crippen LogP contribution in [0.5, 0.6) is 0 Å². The lowest BCUT2D eigenvalue weighted by Crippen LogP contribution is -2.47. The Morgan fingerprint density at radius 1 is 1.16 bits per heavy atom. The number of ether oxygens (including phenoxy) is 1. The molecular weight excluding hydrogens is 388 g/mol. The minimum Gasteiger partial charge on any atom is -0.373 e. The van der Waals surface area contributed by atoms with Gasteiger partial charge in [0.15, 0.2) is 5.96 Å². The average molecular weight is 417 g/mol. The van der Waals surface area contributed by atoms with Crippen LogP contribution in [0.15, 0.2) is 66.2 Å². The van der Waals surface area contributed by atoms with E-state index >= 15 is 0 Å².